The summed E-state index contributed by atoms with van der Waals surface area (Å²) in [6.45, 7) is 1.15. The van der Waals surface area contributed by atoms with Crippen LogP contribution >= 0.6 is 0 Å². The van der Waals surface area contributed by atoms with Crippen LogP contribution in [-0.2, 0) is 27.2 Å². The van der Waals surface area contributed by atoms with Crippen LogP contribution in [0.5, 0.6) is 0 Å². The Kier molecular flexibility index (Phi) is 5.52. The Morgan fingerprint density at radius 1 is 1.06 bits per heavy atom. The molecule has 8 nitrogen and oxygen atoms in total. The molecule has 1 saturated carbocycles. The SMILES string of the molecule is Cn1c(=O)n(C)c2nc(CN[C@H]3CC[C@H](NCc4cccn5ccnc45)C[C@@H]3F)ccc21. The molecule has 0 spiro atoms. The Bertz CT molecular complexity index is 1310. The lowest BCUT2D eigenvalue weighted by Crippen LogP contribution is -2.46. The maximum absolute atomic E-state index is 14.9. The zero-order valence-corrected chi connectivity index (χ0v) is 18.3. The number of halogens is 1. The summed E-state index contributed by atoms with van der Waals surface area (Å²) in [7, 11) is 3.45. The molecular formula is C23H28FN7O. The fraction of sp³-hybridized carbons (Fsp3) is 0.435. The van der Waals surface area contributed by atoms with Crippen LogP contribution in [0.15, 0.2) is 47.7 Å². The summed E-state index contributed by atoms with van der Waals surface area (Å²) in [5, 5.41) is 6.85. The minimum atomic E-state index is -0.923. The van der Waals surface area contributed by atoms with Crippen molar-refractivity contribution in [2.24, 2.45) is 14.1 Å². The Labute approximate surface area is 185 Å². The molecule has 1 fully saturated rings. The maximum atomic E-state index is 14.9. The van der Waals surface area contributed by atoms with Crippen LogP contribution < -0.4 is 16.3 Å². The van der Waals surface area contributed by atoms with E-state index in [4.69, 9.17) is 0 Å². The van der Waals surface area contributed by atoms with Gasteiger partial charge in [0.25, 0.3) is 0 Å². The fourth-order valence-electron chi connectivity index (χ4n) is 4.67. The molecule has 4 aromatic heterocycles. The molecule has 0 amide bonds. The van der Waals surface area contributed by atoms with Gasteiger partial charge in [0.15, 0.2) is 5.65 Å². The third-order valence-corrected chi connectivity index (χ3v) is 6.56. The van der Waals surface area contributed by atoms with Gasteiger partial charge in [-0.25, -0.2) is 19.2 Å². The number of hydrogen-bond donors (Lipinski definition) is 2. The first-order valence-electron chi connectivity index (χ1n) is 11.0. The van der Waals surface area contributed by atoms with Gasteiger partial charge in [-0.2, -0.15) is 0 Å². The molecule has 168 valence electrons. The predicted molar refractivity (Wildman–Crippen MR) is 121 cm³/mol. The highest BCUT2D eigenvalue weighted by atomic mass is 19.1. The molecule has 1 aliphatic rings. The summed E-state index contributed by atoms with van der Waals surface area (Å²) in [5.74, 6) is 0. The van der Waals surface area contributed by atoms with E-state index in [1.807, 2.05) is 35.0 Å². The number of nitrogens with zero attached hydrogens (tertiary/aromatic N) is 5. The standard InChI is InChI=1S/C23H28FN7O/c1-29-20-8-6-17(28-22(20)30(2)23(29)32)14-27-19-7-5-16(12-18(19)24)26-13-15-4-3-10-31-11-9-25-21(15)31/h3-4,6,8-11,16,18-19,26-27H,5,7,12-14H2,1-2H3/t16-,18-,19-/m0/s1. The van der Waals surface area contributed by atoms with E-state index in [1.54, 1.807) is 24.9 Å². The number of aromatic nitrogens is 5. The number of imidazole rings is 2. The lowest BCUT2D eigenvalue weighted by Gasteiger charge is -2.33. The van der Waals surface area contributed by atoms with E-state index in [2.05, 4.69) is 26.7 Å². The average molecular weight is 438 g/mol. The van der Waals surface area contributed by atoms with Gasteiger partial charge in [0.1, 0.15) is 11.8 Å². The highest BCUT2D eigenvalue weighted by Crippen LogP contribution is 2.23. The molecule has 0 saturated heterocycles. The fourth-order valence-corrected chi connectivity index (χ4v) is 4.67. The van der Waals surface area contributed by atoms with E-state index in [-0.39, 0.29) is 17.8 Å². The number of nitrogens with one attached hydrogen (secondary N) is 2. The number of rotatable bonds is 6. The van der Waals surface area contributed by atoms with Crippen LogP contribution in [0, 0.1) is 0 Å². The van der Waals surface area contributed by atoms with Gasteiger partial charge in [-0.05, 0) is 37.5 Å². The largest absolute Gasteiger partial charge is 0.329 e. The van der Waals surface area contributed by atoms with Crippen molar-refractivity contribution in [3.63, 3.8) is 0 Å². The van der Waals surface area contributed by atoms with Gasteiger partial charge in [0.2, 0.25) is 0 Å². The van der Waals surface area contributed by atoms with Gasteiger partial charge >= 0.3 is 5.69 Å². The van der Waals surface area contributed by atoms with Gasteiger partial charge in [-0.3, -0.25) is 9.13 Å². The molecule has 32 heavy (non-hydrogen) atoms. The third-order valence-electron chi connectivity index (χ3n) is 6.56. The van der Waals surface area contributed by atoms with Crippen LogP contribution in [-0.4, -0.2) is 41.8 Å². The quantitative estimate of drug-likeness (QED) is 0.483. The van der Waals surface area contributed by atoms with E-state index in [0.29, 0.717) is 25.2 Å². The number of pyridine rings is 2. The Morgan fingerprint density at radius 2 is 1.94 bits per heavy atom. The van der Waals surface area contributed by atoms with Gasteiger partial charge in [-0.15, -0.1) is 0 Å². The minimum Gasteiger partial charge on any atom is -0.310 e. The summed E-state index contributed by atoms with van der Waals surface area (Å²) in [5.41, 5.74) is 4.20. The van der Waals surface area contributed by atoms with Crippen molar-refractivity contribution in [3.05, 3.63) is 64.6 Å². The summed E-state index contributed by atoms with van der Waals surface area (Å²) < 4.78 is 20.0. The Balaban J connectivity index is 1.16. The lowest BCUT2D eigenvalue weighted by molar-refractivity contribution is 0.160. The first-order valence-corrected chi connectivity index (χ1v) is 11.0. The summed E-state index contributed by atoms with van der Waals surface area (Å²) >= 11 is 0. The first kappa shape index (κ1) is 20.8. The minimum absolute atomic E-state index is 0.101. The van der Waals surface area contributed by atoms with Crippen molar-refractivity contribution in [2.75, 3.05) is 0 Å². The molecule has 0 radical (unpaired) electrons. The van der Waals surface area contributed by atoms with E-state index in [9.17, 15) is 9.18 Å². The molecule has 0 bridgehead atoms. The smallest absolute Gasteiger partial charge is 0.310 e. The zero-order valence-electron chi connectivity index (χ0n) is 18.3. The van der Waals surface area contributed by atoms with E-state index in [0.717, 1.165) is 35.3 Å². The first-order chi connectivity index (χ1) is 15.5. The highest BCUT2D eigenvalue weighted by Gasteiger charge is 2.30. The molecule has 5 rings (SSSR count). The van der Waals surface area contributed by atoms with Crippen LogP contribution in [0.3, 0.4) is 0 Å². The normalized spacial score (nSPS) is 21.5. The van der Waals surface area contributed by atoms with E-state index in [1.165, 1.54) is 4.57 Å². The summed E-state index contributed by atoms with van der Waals surface area (Å²) in [6.07, 6.45) is 6.93. The summed E-state index contributed by atoms with van der Waals surface area (Å²) in [6, 6.07) is 7.80. The second-order valence-electron chi connectivity index (χ2n) is 8.63. The number of hydrogen-bond acceptors (Lipinski definition) is 5. The lowest BCUT2D eigenvalue weighted by atomic mass is 9.89. The molecule has 9 heteroatoms. The predicted octanol–water partition coefficient (Wildman–Crippen LogP) is 2.06. The van der Waals surface area contributed by atoms with E-state index < -0.39 is 6.17 Å². The number of aryl methyl sites for hydroxylation is 2. The van der Waals surface area contributed by atoms with Gasteiger partial charge < -0.3 is 15.0 Å². The van der Waals surface area contributed by atoms with Crippen LogP contribution in [0.4, 0.5) is 4.39 Å². The van der Waals surface area contributed by atoms with Crippen LogP contribution in [0.2, 0.25) is 0 Å². The monoisotopic (exact) mass is 437 g/mol. The van der Waals surface area contributed by atoms with Crippen LogP contribution in [0.1, 0.15) is 30.5 Å². The Hall–Kier alpha value is -3.04. The van der Waals surface area contributed by atoms with Crippen LogP contribution in [0.25, 0.3) is 16.8 Å². The summed E-state index contributed by atoms with van der Waals surface area (Å²) in [4.78, 5) is 21.1. The topological polar surface area (TPSA) is 81.2 Å². The second kappa shape index (κ2) is 8.48. The molecule has 1 aliphatic carbocycles. The van der Waals surface area contributed by atoms with Crippen molar-refractivity contribution in [3.8, 4) is 0 Å². The van der Waals surface area contributed by atoms with Gasteiger partial charge in [0.05, 0.1) is 11.2 Å². The number of alkyl halides is 1. The third kappa shape index (κ3) is 3.82. The molecule has 4 heterocycles. The molecule has 3 atom stereocenters. The second-order valence-corrected chi connectivity index (χ2v) is 8.63. The van der Waals surface area contributed by atoms with Crippen molar-refractivity contribution >= 4 is 16.8 Å². The molecule has 4 aromatic rings. The van der Waals surface area contributed by atoms with Crippen molar-refractivity contribution in [2.45, 2.75) is 50.6 Å². The molecule has 0 unspecified atom stereocenters. The average Bonchev–Trinajstić information content (AvgIpc) is 3.37. The molecule has 0 aromatic carbocycles. The van der Waals surface area contributed by atoms with Gasteiger partial charge in [-0.1, -0.05) is 6.07 Å². The molecule has 2 N–H and O–H groups in total. The molecular weight excluding hydrogens is 409 g/mol. The molecule has 0 aliphatic heterocycles. The zero-order chi connectivity index (χ0) is 22.2. The van der Waals surface area contributed by atoms with Crippen molar-refractivity contribution < 1.29 is 4.39 Å². The van der Waals surface area contributed by atoms with E-state index >= 15 is 0 Å². The van der Waals surface area contributed by atoms with Crippen molar-refractivity contribution in [1.29, 1.82) is 0 Å². The Morgan fingerprint density at radius 3 is 2.78 bits per heavy atom. The maximum Gasteiger partial charge on any atom is 0.329 e. The highest BCUT2D eigenvalue weighted by molar-refractivity contribution is 5.71. The number of fused-ring (bicyclic) bond motifs is 2. The van der Waals surface area contributed by atoms with Gasteiger partial charge in [0, 0.05) is 63.4 Å². The van der Waals surface area contributed by atoms with Crippen molar-refractivity contribution in [1.82, 2.24) is 34.1 Å².